The van der Waals surface area contributed by atoms with Crippen molar-refractivity contribution in [2.75, 3.05) is 0 Å². The average Bonchev–Trinajstić information content (AvgIpc) is 2.86. The lowest BCUT2D eigenvalue weighted by Crippen LogP contribution is -1.96. The van der Waals surface area contributed by atoms with E-state index in [1.165, 1.54) is 11.8 Å². The minimum atomic E-state index is -1.05. The molecule has 2 heterocycles. The Morgan fingerprint density at radius 2 is 1.91 bits per heavy atom. The van der Waals surface area contributed by atoms with Crippen molar-refractivity contribution in [2.45, 2.75) is 10.9 Å². The summed E-state index contributed by atoms with van der Waals surface area (Å²) in [6.07, 6.45) is 1.78. The number of aromatic nitrogens is 2. The van der Waals surface area contributed by atoms with Gasteiger partial charge in [0.15, 0.2) is 10.9 Å². The van der Waals surface area contributed by atoms with E-state index in [1.54, 1.807) is 40.9 Å². The van der Waals surface area contributed by atoms with E-state index in [0.717, 1.165) is 5.56 Å². The summed E-state index contributed by atoms with van der Waals surface area (Å²) in [5.41, 5.74) is 1.40. The summed E-state index contributed by atoms with van der Waals surface area (Å²) in [5.74, 6) is -0.544. The summed E-state index contributed by atoms with van der Waals surface area (Å²) in [6, 6.07) is 10.7. The number of hydrogen-bond donors (Lipinski definition) is 1. The molecule has 3 rings (SSSR count). The van der Waals surface area contributed by atoms with E-state index in [4.69, 9.17) is 23.2 Å². The quantitative estimate of drug-likeness (QED) is 0.695. The van der Waals surface area contributed by atoms with Crippen LogP contribution in [0.15, 0.2) is 47.8 Å². The van der Waals surface area contributed by atoms with E-state index in [0.29, 0.717) is 26.5 Å². The number of pyridine rings is 1. The van der Waals surface area contributed by atoms with Crippen molar-refractivity contribution in [3.05, 3.63) is 63.9 Å². The highest BCUT2D eigenvalue weighted by Crippen LogP contribution is 2.32. The largest absolute Gasteiger partial charge is 0.476 e. The van der Waals surface area contributed by atoms with Crippen LogP contribution in [0.25, 0.3) is 5.52 Å². The van der Waals surface area contributed by atoms with Crippen molar-refractivity contribution in [3.8, 4) is 0 Å². The standard InChI is InChI=1S/C15H10Cl2N2O2S/c16-10-4-3-5-11(17)9(10)8-22-15-18-13(14(20)21)12-6-1-2-7-19(12)15/h1-7H,8H2,(H,20,21). The van der Waals surface area contributed by atoms with Gasteiger partial charge in [-0.25, -0.2) is 9.78 Å². The number of halogens is 2. The molecule has 2 aromatic heterocycles. The molecule has 7 heteroatoms. The predicted molar refractivity (Wildman–Crippen MR) is 88.2 cm³/mol. The number of carbonyl (C=O) groups is 1. The molecule has 0 saturated heterocycles. The predicted octanol–water partition coefficient (Wildman–Crippen LogP) is 4.63. The molecule has 0 saturated carbocycles. The van der Waals surface area contributed by atoms with Gasteiger partial charge in [0.1, 0.15) is 0 Å². The maximum absolute atomic E-state index is 11.3. The Labute approximate surface area is 140 Å². The van der Waals surface area contributed by atoms with Gasteiger partial charge in [-0.3, -0.25) is 4.40 Å². The second-order valence-corrected chi connectivity index (χ2v) is 6.25. The fourth-order valence-corrected chi connectivity index (χ4v) is 3.80. The molecule has 3 aromatic rings. The van der Waals surface area contributed by atoms with Gasteiger partial charge in [0.25, 0.3) is 0 Å². The summed E-state index contributed by atoms with van der Waals surface area (Å²) in [6.45, 7) is 0. The molecule has 0 spiro atoms. The van der Waals surface area contributed by atoms with Gasteiger partial charge in [-0.05, 0) is 29.8 Å². The fourth-order valence-electron chi connectivity index (χ4n) is 2.08. The lowest BCUT2D eigenvalue weighted by Gasteiger charge is -2.06. The van der Waals surface area contributed by atoms with Crippen molar-refractivity contribution in [1.29, 1.82) is 0 Å². The summed E-state index contributed by atoms with van der Waals surface area (Å²) in [4.78, 5) is 15.5. The number of thioether (sulfide) groups is 1. The Bertz CT molecular complexity index is 844. The topological polar surface area (TPSA) is 54.6 Å². The number of benzene rings is 1. The van der Waals surface area contributed by atoms with Crippen LogP contribution < -0.4 is 0 Å². The van der Waals surface area contributed by atoms with E-state index < -0.39 is 5.97 Å². The second-order valence-electron chi connectivity index (χ2n) is 4.49. The van der Waals surface area contributed by atoms with Crippen LogP contribution >= 0.6 is 35.0 Å². The van der Waals surface area contributed by atoms with Crippen LogP contribution in [0, 0.1) is 0 Å². The van der Waals surface area contributed by atoms with Crippen molar-refractivity contribution >= 4 is 46.4 Å². The molecule has 0 aliphatic rings. The zero-order chi connectivity index (χ0) is 15.7. The number of carboxylic acids is 1. The first-order valence-electron chi connectivity index (χ1n) is 6.34. The Morgan fingerprint density at radius 3 is 2.59 bits per heavy atom. The Hall–Kier alpha value is -1.69. The molecular formula is C15H10Cl2N2O2S. The molecule has 0 radical (unpaired) electrons. The zero-order valence-electron chi connectivity index (χ0n) is 11.2. The number of fused-ring (bicyclic) bond motifs is 1. The highest BCUT2D eigenvalue weighted by atomic mass is 35.5. The van der Waals surface area contributed by atoms with Crippen LogP contribution in [-0.4, -0.2) is 20.5 Å². The Morgan fingerprint density at radius 1 is 1.18 bits per heavy atom. The minimum absolute atomic E-state index is 0.0355. The first-order valence-corrected chi connectivity index (χ1v) is 8.08. The van der Waals surface area contributed by atoms with Crippen molar-refractivity contribution in [2.24, 2.45) is 0 Å². The van der Waals surface area contributed by atoms with Gasteiger partial charge in [-0.15, -0.1) is 0 Å². The van der Waals surface area contributed by atoms with E-state index in [1.807, 2.05) is 6.07 Å². The highest BCUT2D eigenvalue weighted by Gasteiger charge is 2.17. The lowest BCUT2D eigenvalue weighted by atomic mass is 10.2. The molecule has 0 amide bonds. The Balaban J connectivity index is 1.96. The number of rotatable bonds is 4. The van der Waals surface area contributed by atoms with E-state index in [2.05, 4.69) is 4.98 Å². The first-order chi connectivity index (χ1) is 10.6. The minimum Gasteiger partial charge on any atom is -0.476 e. The maximum atomic E-state index is 11.3. The molecule has 0 aliphatic carbocycles. The van der Waals surface area contributed by atoms with E-state index in [-0.39, 0.29) is 5.69 Å². The molecule has 0 aliphatic heterocycles. The van der Waals surface area contributed by atoms with E-state index in [9.17, 15) is 9.90 Å². The molecular weight excluding hydrogens is 343 g/mol. The normalized spacial score (nSPS) is 11.0. The van der Waals surface area contributed by atoms with Gasteiger partial charge < -0.3 is 5.11 Å². The van der Waals surface area contributed by atoms with Gasteiger partial charge in [-0.2, -0.15) is 0 Å². The number of hydrogen-bond acceptors (Lipinski definition) is 3. The lowest BCUT2D eigenvalue weighted by molar-refractivity contribution is 0.0693. The molecule has 0 fully saturated rings. The monoisotopic (exact) mass is 352 g/mol. The molecule has 1 N–H and O–H groups in total. The third-order valence-corrected chi connectivity index (χ3v) is 4.81. The first kappa shape index (κ1) is 15.2. The summed E-state index contributed by atoms with van der Waals surface area (Å²) < 4.78 is 1.75. The Kier molecular flexibility index (Phi) is 4.29. The van der Waals surface area contributed by atoms with Gasteiger partial charge >= 0.3 is 5.97 Å². The van der Waals surface area contributed by atoms with Crippen LogP contribution in [0.4, 0.5) is 0 Å². The fraction of sp³-hybridized carbons (Fsp3) is 0.0667. The number of aromatic carboxylic acids is 1. The number of imidazole rings is 1. The number of nitrogens with zero attached hydrogens (tertiary/aromatic N) is 2. The summed E-state index contributed by atoms with van der Waals surface area (Å²) in [7, 11) is 0. The van der Waals surface area contributed by atoms with Crippen LogP contribution in [0.5, 0.6) is 0 Å². The molecule has 0 bridgehead atoms. The van der Waals surface area contributed by atoms with Crippen molar-refractivity contribution < 1.29 is 9.90 Å². The van der Waals surface area contributed by atoms with E-state index >= 15 is 0 Å². The summed E-state index contributed by atoms with van der Waals surface area (Å²) >= 11 is 13.7. The average molecular weight is 353 g/mol. The summed E-state index contributed by atoms with van der Waals surface area (Å²) in [5, 5.41) is 11.0. The van der Waals surface area contributed by atoms with Gasteiger partial charge in [0, 0.05) is 22.0 Å². The third kappa shape index (κ3) is 2.79. The van der Waals surface area contributed by atoms with Gasteiger partial charge in [0.05, 0.1) is 5.52 Å². The molecule has 0 atom stereocenters. The third-order valence-electron chi connectivity index (χ3n) is 3.13. The maximum Gasteiger partial charge on any atom is 0.356 e. The van der Waals surface area contributed by atoms with Gasteiger partial charge in [-0.1, -0.05) is 47.1 Å². The zero-order valence-corrected chi connectivity index (χ0v) is 13.5. The smallest absolute Gasteiger partial charge is 0.356 e. The highest BCUT2D eigenvalue weighted by molar-refractivity contribution is 7.98. The van der Waals surface area contributed by atoms with Crippen molar-refractivity contribution in [1.82, 2.24) is 9.38 Å². The molecule has 112 valence electrons. The van der Waals surface area contributed by atoms with Crippen LogP contribution in [-0.2, 0) is 5.75 Å². The van der Waals surface area contributed by atoms with Crippen LogP contribution in [0.1, 0.15) is 16.1 Å². The van der Waals surface area contributed by atoms with Crippen LogP contribution in [0.2, 0.25) is 10.0 Å². The van der Waals surface area contributed by atoms with Crippen LogP contribution in [0.3, 0.4) is 0 Å². The number of carboxylic acid groups (broad SMARTS) is 1. The second kappa shape index (κ2) is 6.20. The molecule has 1 aromatic carbocycles. The molecule has 0 unspecified atom stereocenters. The molecule has 4 nitrogen and oxygen atoms in total. The van der Waals surface area contributed by atoms with Gasteiger partial charge in [0.2, 0.25) is 0 Å². The SMILES string of the molecule is O=C(O)c1nc(SCc2c(Cl)cccc2Cl)n2ccccc12. The molecule has 22 heavy (non-hydrogen) atoms. The van der Waals surface area contributed by atoms with Crippen molar-refractivity contribution in [3.63, 3.8) is 0 Å².